The van der Waals surface area contributed by atoms with Crippen LogP contribution in [0.15, 0.2) is 28.6 Å². The predicted molar refractivity (Wildman–Crippen MR) is 117 cm³/mol. The molecule has 1 unspecified atom stereocenters. The van der Waals surface area contributed by atoms with E-state index in [4.69, 9.17) is 4.74 Å². The van der Waals surface area contributed by atoms with Gasteiger partial charge in [0.2, 0.25) is 0 Å². The molecule has 2 aromatic rings. The minimum Gasteiger partial charge on any atom is -0.455 e. The number of hydrogen-bond acceptors (Lipinski definition) is 8. The van der Waals surface area contributed by atoms with Crippen molar-refractivity contribution in [3.63, 3.8) is 0 Å². The van der Waals surface area contributed by atoms with Crippen LogP contribution < -0.4 is 0 Å². The normalized spacial score (nSPS) is 21.1. The molecule has 1 saturated carbocycles. The van der Waals surface area contributed by atoms with E-state index in [1.165, 1.54) is 23.1 Å². The number of rotatable bonds is 7. The van der Waals surface area contributed by atoms with Crippen LogP contribution in [0.25, 0.3) is 10.2 Å². The molecule has 2 fully saturated rings. The van der Waals surface area contributed by atoms with Crippen LogP contribution >= 0.6 is 23.1 Å². The lowest BCUT2D eigenvalue weighted by Crippen LogP contribution is -2.48. The fourth-order valence-corrected chi connectivity index (χ4v) is 7.75. The van der Waals surface area contributed by atoms with Gasteiger partial charge < -0.3 is 9.64 Å². The molecule has 0 bridgehead atoms. The predicted octanol–water partition coefficient (Wildman–Crippen LogP) is 2.89. The van der Waals surface area contributed by atoms with Gasteiger partial charge in [-0.3, -0.25) is 9.59 Å². The second-order valence-corrected chi connectivity index (χ2v) is 12.2. The van der Waals surface area contributed by atoms with Crippen LogP contribution in [0.4, 0.5) is 0 Å². The summed E-state index contributed by atoms with van der Waals surface area (Å²) in [7, 11) is -3.10. The molecule has 0 radical (unpaired) electrons. The van der Waals surface area contributed by atoms with Crippen LogP contribution in [-0.2, 0) is 24.2 Å². The molecule has 30 heavy (non-hydrogen) atoms. The third-order valence-corrected chi connectivity index (χ3v) is 9.46. The lowest BCUT2D eigenvalue weighted by atomic mass is 10.1. The number of ether oxygens (including phenoxy) is 1. The molecule has 0 spiro atoms. The molecule has 7 nitrogen and oxygen atoms in total. The van der Waals surface area contributed by atoms with Crippen LogP contribution in [-0.4, -0.2) is 66.1 Å². The molecule has 162 valence electrons. The van der Waals surface area contributed by atoms with E-state index in [2.05, 4.69) is 4.98 Å². The van der Waals surface area contributed by atoms with E-state index in [1.54, 1.807) is 4.90 Å². The van der Waals surface area contributed by atoms with Crippen LogP contribution in [0.1, 0.15) is 32.1 Å². The molecule has 2 aliphatic rings. The Hall–Kier alpha value is -1.65. The molecule has 0 N–H and O–H groups in total. The highest BCUT2D eigenvalue weighted by atomic mass is 32.2. The molecule has 1 aromatic carbocycles. The van der Waals surface area contributed by atoms with E-state index >= 15 is 0 Å². The Bertz CT molecular complexity index is 997. The summed E-state index contributed by atoms with van der Waals surface area (Å²) in [6.45, 7) is -0.341. The van der Waals surface area contributed by atoms with Crippen molar-refractivity contribution in [2.45, 2.75) is 48.5 Å². The maximum absolute atomic E-state index is 12.9. The summed E-state index contributed by atoms with van der Waals surface area (Å²) in [5, 5.41) is 0. The first-order valence-corrected chi connectivity index (χ1v) is 13.7. The van der Waals surface area contributed by atoms with Gasteiger partial charge in [0.05, 0.1) is 27.5 Å². The molecular formula is C20H24N2O5S3. The highest BCUT2D eigenvalue weighted by Gasteiger charge is 2.39. The first-order chi connectivity index (χ1) is 14.4. The summed E-state index contributed by atoms with van der Waals surface area (Å²) in [5.41, 5.74) is 0.896. The number of benzene rings is 1. The molecular weight excluding hydrogens is 444 g/mol. The first-order valence-electron chi connectivity index (χ1n) is 10.1. The molecule has 1 aromatic heterocycles. The zero-order chi connectivity index (χ0) is 21.1. The molecule has 1 aliphatic heterocycles. The van der Waals surface area contributed by atoms with Crippen LogP contribution in [0.5, 0.6) is 0 Å². The number of aromatic nitrogens is 1. The monoisotopic (exact) mass is 468 g/mol. The van der Waals surface area contributed by atoms with Crippen molar-refractivity contribution in [1.29, 1.82) is 0 Å². The number of hydrogen-bond donors (Lipinski definition) is 0. The van der Waals surface area contributed by atoms with Crippen molar-refractivity contribution in [2.24, 2.45) is 0 Å². The molecule has 1 aliphatic carbocycles. The highest BCUT2D eigenvalue weighted by molar-refractivity contribution is 8.01. The maximum atomic E-state index is 12.9. The number of carbonyl (C=O) groups is 2. The molecule has 10 heteroatoms. The Labute approximate surface area is 184 Å². The van der Waals surface area contributed by atoms with Crippen molar-refractivity contribution in [3.05, 3.63) is 24.3 Å². The summed E-state index contributed by atoms with van der Waals surface area (Å²) in [6, 6.07) is 7.51. The number of nitrogens with zero attached hydrogens (tertiary/aromatic N) is 2. The first kappa shape index (κ1) is 21.6. The smallest absolute Gasteiger partial charge is 0.316 e. The maximum Gasteiger partial charge on any atom is 0.316 e. The largest absolute Gasteiger partial charge is 0.455 e. The summed E-state index contributed by atoms with van der Waals surface area (Å²) in [4.78, 5) is 31.2. The van der Waals surface area contributed by atoms with Crippen LogP contribution in [0.3, 0.4) is 0 Å². The number of sulfone groups is 1. The molecule has 2 heterocycles. The average Bonchev–Trinajstić information content (AvgIpc) is 3.45. The second-order valence-electron chi connectivity index (χ2n) is 7.69. The minimum absolute atomic E-state index is 0.0106. The van der Waals surface area contributed by atoms with Gasteiger partial charge in [-0.1, -0.05) is 36.7 Å². The fourth-order valence-electron chi connectivity index (χ4n) is 4.17. The van der Waals surface area contributed by atoms with Gasteiger partial charge in [0.15, 0.2) is 20.8 Å². The van der Waals surface area contributed by atoms with Gasteiger partial charge in [0, 0.05) is 12.1 Å². The zero-order valence-corrected chi connectivity index (χ0v) is 18.9. The topological polar surface area (TPSA) is 93.6 Å². The quantitative estimate of drug-likeness (QED) is 0.456. The van der Waals surface area contributed by atoms with E-state index in [1.807, 2.05) is 24.3 Å². The van der Waals surface area contributed by atoms with E-state index < -0.39 is 15.8 Å². The molecule has 1 atom stereocenters. The van der Waals surface area contributed by atoms with Crippen molar-refractivity contribution >= 4 is 55.0 Å². The number of fused-ring (bicyclic) bond motifs is 1. The summed E-state index contributed by atoms with van der Waals surface area (Å²) < 4.78 is 30.9. The van der Waals surface area contributed by atoms with Crippen molar-refractivity contribution in [3.8, 4) is 0 Å². The Morgan fingerprint density at radius 2 is 1.93 bits per heavy atom. The van der Waals surface area contributed by atoms with Gasteiger partial charge in [-0.2, -0.15) is 0 Å². The average molecular weight is 469 g/mol. The van der Waals surface area contributed by atoms with E-state index in [0.717, 1.165) is 40.2 Å². The fraction of sp³-hybridized carbons (Fsp3) is 0.550. The standard InChI is InChI=1S/C20H24N2O5S3/c23-18(22(14-5-1-2-6-14)15-9-10-30(25,26)13-15)11-27-19(24)12-28-20-21-16-7-3-4-8-17(16)29-20/h3-4,7-8,14-15H,1-2,5-6,9-13H2. The Kier molecular flexibility index (Phi) is 6.64. The minimum atomic E-state index is -3.10. The SMILES string of the molecule is O=C(CSc1nc2ccccc2s1)OCC(=O)N(C1CCCC1)C1CCS(=O)(=O)C1. The van der Waals surface area contributed by atoms with Crippen LogP contribution in [0, 0.1) is 0 Å². The Balaban J connectivity index is 1.31. The number of thiazole rings is 1. The lowest BCUT2D eigenvalue weighted by Gasteiger charge is -2.33. The van der Waals surface area contributed by atoms with Crippen molar-refractivity contribution in [1.82, 2.24) is 9.88 Å². The number of carbonyl (C=O) groups excluding carboxylic acids is 2. The van der Waals surface area contributed by atoms with E-state index in [0.29, 0.717) is 6.42 Å². The Morgan fingerprint density at radius 1 is 1.17 bits per heavy atom. The van der Waals surface area contributed by atoms with Crippen LogP contribution in [0.2, 0.25) is 0 Å². The third kappa shape index (κ3) is 5.15. The van der Waals surface area contributed by atoms with Gasteiger partial charge in [0.1, 0.15) is 0 Å². The van der Waals surface area contributed by atoms with Crippen molar-refractivity contribution in [2.75, 3.05) is 23.9 Å². The number of esters is 1. The summed E-state index contributed by atoms with van der Waals surface area (Å²) >= 11 is 2.81. The van der Waals surface area contributed by atoms with Gasteiger partial charge in [0.25, 0.3) is 5.91 Å². The Morgan fingerprint density at radius 3 is 2.63 bits per heavy atom. The number of thioether (sulfide) groups is 1. The number of amides is 1. The van der Waals surface area contributed by atoms with Gasteiger partial charge in [-0.15, -0.1) is 11.3 Å². The number of para-hydroxylation sites is 1. The van der Waals surface area contributed by atoms with E-state index in [9.17, 15) is 18.0 Å². The second kappa shape index (κ2) is 9.23. The highest BCUT2D eigenvalue weighted by Crippen LogP contribution is 2.30. The molecule has 1 saturated heterocycles. The third-order valence-electron chi connectivity index (χ3n) is 5.55. The lowest BCUT2D eigenvalue weighted by molar-refractivity contribution is -0.152. The summed E-state index contributed by atoms with van der Waals surface area (Å²) in [6.07, 6.45) is 4.29. The van der Waals surface area contributed by atoms with Gasteiger partial charge in [-0.05, 0) is 31.4 Å². The van der Waals surface area contributed by atoms with Gasteiger partial charge in [-0.25, -0.2) is 13.4 Å². The van der Waals surface area contributed by atoms with Crippen molar-refractivity contribution < 1.29 is 22.7 Å². The van der Waals surface area contributed by atoms with E-state index in [-0.39, 0.29) is 41.9 Å². The summed E-state index contributed by atoms with van der Waals surface area (Å²) in [5.74, 6) is -0.557. The van der Waals surface area contributed by atoms with Gasteiger partial charge >= 0.3 is 5.97 Å². The molecule has 1 amide bonds. The zero-order valence-electron chi connectivity index (χ0n) is 16.5. The molecule has 4 rings (SSSR count).